The van der Waals surface area contributed by atoms with Gasteiger partial charge in [-0.25, -0.2) is 0 Å². The molecular weight excluding hydrogens is 204 g/mol. The van der Waals surface area contributed by atoms with E-state index >= 15 is 0 Å². The highest BCUT2D eigenvalue weighted by molar-refractivity contribution is 5.96. The maximum Gasteiger partial charge on any atom is 0.170 e. The first kappa shape index (κ1) is 10.5. The van der Waals surface area contributed by atoms with Gasteiger partial charge < -0.3 is 0 Å². The number of carbonyl (C=O) groups excluding carboxylic acids is 1. The van der Waals surface area contributed by atoms with Crippen LogP contribution in [0.15, 0.2) is 24.5 Å². The molecule has 0 unspecified atom stereocenters. The van der Waals surface area contributed by atoms with Crippen molar-refractivity contribution in [1.82, 2.24) is 20.0 Å². The van der Waals surface area contributed by atoms with Crippen LogP contribution in [0.1, 0.15) is 21.7 Å². The van der Waals surface area contributed by atoms with Crippen LogP contribution in [0.25, 0.3) is 0 Å². The highest BCUT2D eigenvalue weighted by atomic mass is 16.1. The van der Waals surface area contributed by atoms with E-state index in [1.165, 1.54) is 0 Å². The first-order valence-electron chi connectivity index (χ1n) is 4.96. The van der Waals surface area contributed by atoms with E-state index in [9.17, 15) is 4.79 Å². The Morgan fingerprint density at radius 2 is 2.25 bits per heavy atom. The molecule has 0 aromatic carbocycles. The average Bonchev–Trinajstić information content (AvgIpc) is 2.65. The van der Waals surface area contributed by atoms with E-state index in [-0.39, 0.29) is 12.2 Å². The Morgan fingerprint density at radius 3 is 2.81 bits per heavy atom. The Morgan fingerprint density at radius 1 is 1.44 bits per heavy atom. The summed E-state index contributed by atoms with van der Waals surface area (Å²) in [6.45, 7) is 1.89. The zero-order valence-corrected chi connectivity index (χ0v) is 9.21. The summed E-state index contributed by atoms with van der Waals surface area (Å²) in [5.74, 6) is 0.00741. The molecule has 2 heterocycles. The third-order valence-corrected chi connectivity index (χ3v) is 2.23. The molecule has 0 saturated carbocycles. The van der Waals surface area contributed by atoms with Crippen LogP contribution in [0, 0.1) is 6.92 Å². The third kappa shape index (κ3) is 2.31. The monoisotopic (exact) mass is 216 g/mol. The van der Waals surface area contributed by atoms with Crippen molar-refractivity contribution in [3.8, 4) is 0 Å². The van der Waals surface area contributed by atoms with Gasteiger partial charge in [-0.1, -0.05) is 5.21 Å². The molecule has 0 aliphatic heterocycles. The van der Waals surface area contributed by atoms with Gasteiger partial charge in [-0.15, -0.1) is 5.10 Å². The van der Waals surface area contributed by atoms with Crippen molar-refractivity contribution in [1.29, 1.82) is 0 Å². The average molecular weight is 216 g/mol. The summed E-state index contributed by atoms with van der Waals surface area (Å²) in [5, 5.41) is 7.65. The minimum absolute atomic E-state index is 0.00741. The van der Waals surface area contributed by atoms with Crippen LogP contribution in [0.5, 0.6) is 0 Å². The number of aryl methyl sites for hydroxylation is 2. The summed E-state index contributed by atoms with van der Waals surface area (Å²) in [5.41, 5.74) is 2.18. The van der Waals surface area contributed by atoms with Gasteiger partial charge in [0.1, 0.15) is 0 Å². The molecule has 82 valence electrons. The van der Waals surface area contributed by atoms with Gasteiger partial charge in [0.2, 0.25) is 0 Å². The molecule has 5 nitrogen and oxygen atoms in total. The Kier molecular flexibility index (Phi) is 2.76. The zero-order valence-electron chi connectivity index (χ0n) is 9.21. The van der Waals surface area contributed by atoms with Crippen molar-refractivity contribution in [3.05, 3.63) is 41.5 Å². The molecule has 0 saturated heterocycles. The largest absolute Gasteiger partial charge is 0.294 e. The molecule has 5 heteroatoms. The first-order valence-corrected chi connectivity index (χ1v) is 4.96. The number of carbonyl (C=O) groups is 1. The lowest BCUT2D eigenvalue weighted by Crippen LogP contribution is -2.04. The van der Waals surface area contributed by atoms with Crippen molar-refractivity contribution in [2.45, 2.75) is 13.3 Å². The number of ketones is 1. The molecule has 0 fully saturated rings. The van der Waals surface area contributed by atoms with E-state index < -0.39 is 0 Å². The molecule has 0 aliphatic carbocycles. The molecular formula is C11H12N4O. The molecule has 2 rings (SSSR count). The fraction of sp³-hybridized carbons (Fsp3) is 0.273. The number of hydrogen-bond acceptors (Lipinski definition) is 4. The fourth-order valence-electron chi connectivity index (χ4n) is 1.38. The minimum atomic E-state index is 0.00741. The van der Waals surface area contributed by atoms with Gasteiger partial charge in [0, 0.05) is 30.7 Å². The van der Waals surface area contributed by atoms with Crippen molar-refractivity contribution in [2.24, 2.45) is 7.05 Å². The standard InChI is InChI=1S/C11H12N4O/c1-8-3-4-9(6-12-8)11(16)5-10-7-15(2)14-13-10/h3-4,6-7H,5H2,1-2H3. The second-order valence-corrected chi connectivity index (χ2v) is 3.67. The highest BCUT2D eigenvalue weighted by Crippen LogP contribution is 2.04. The van der Waals surface area contributed by atoms with Crippen molar-refractivity contribution >= 4 is 5.78 Å². The smallest absolute Gasteiger partial charge is 0.170 e. The summed E-state index contributed by atoms with van der Waals surface area (Å²) in [4.78, 5) is 15.9. The number of hydrogen-bond donors (Lipinski definition) is 0. The normalized spacial score (nSPS) is 10.4. The van der Waals surface area contributed by atoms with Gasteiger partial charge >= 0.3 is 0 Å². The van der Waals surface area contributed by atoms with E-state index in [0.717, 1.165) is 5.69 Å². The van der Waals surface area contributed by atoms with Crippen LogP contribution in [0.2, 0.25) is 0 Å². The van der Waals surface area contributed by atoms with E-state index in [4.69, 9.17) is 0 Å². The van der Waals surface area contributed by atoms with E-state index in [2.05, 4.69) is 15.3 Å². The Bertz CT molecular complexity index is 501. The van der Waals surface area contributed by atoms with Crippen molar-refractivity contribution < 1.29 is 4.79 Å². The number of rotatable bonds is 3. The van der Waals surface area contributed by atoms with E-state index in [1.54, 1.807) is 30.2 Å². The van der Waals surface area contributed by atoms with Crippen LogP contribution in [-0.2, 0) is 13.5 Å². The van der Waals surface area contributed by atoms with E-state index in [1.807, 2.05) is 13.0 Å². The van der Waals surface area contributed by atoms with E-state index in [0.29, 0.717) is 11.3 Å². The van der Waals surface area contributed by atoms with Gasteiger partial charge in [0.25, 0.3) is 0 Å². The summed E-state index contributed by atoms with van der Waals surface area (Å²) in [7, 11) is 1.77. The fourth-order valence-corrected chi connectivity index (χ4v) is 1.38. The van der Waals surface area contributed by atoms with Gasteiger partial charge in [0.15, 0.2) is 5.78 Å². The van der Waals surface area contributed by atoms with Gasteiger partial charge in [-0.3, -0.25) is 14.5 Å². The Labute approximate surface area is 93.1 Å². The summed E-state index contributed by atoms with van der Waals surface area (Å²) in [6.07, 6.45) is 3.59. The van der Waals surface area contributed by atoms with Crippen molar-refractivity contribution in [2.75, 3.05) is 0 Å². The quantitative estimate of drug-likeness (QED) is 0.716. The summed E-state index contributed by atoms with van der Waals surface area (Å²) in [6, 6.07) is 3.60. The molecule has 2 aromatic rings. The second-order valence-electron chi connectivity index (χ2n) is 3.67. The summed E-state index contributed by atoms with van der Waals surface area (Å²) >= 11 is 0. The van der Waals surface area contributed by atoms with Gasteiger partial charge in [0.05, 0.1) is 12.1 Å². The number of pyridine rings is 1. The molecule has 16 heavy (non-hydrogen) atoms. The lowest BCUT2D eigenvalue weighted by atomic mass is 10.1. The van der Waals surface area contributed by atoms with Gasteiger partial charge in [-0.2, -0.15) is 0 Å². The molecule has 2 aromatic heterocycles. The predicted molar refractivity (Wildman–Crippen MR) is 58.0 cm³/mol. The van der Waals surface area contributed by atoms with Crippen LogP contribution in [0.4, 0.5) is 0 Å². The number of nitrogens with zero attached hydrogens (tertiary/aromatic N) is 4. The first-order chi connectivity index (χ1) is 7.65. The molecule has 0 radical (unpaired) electrons. The van der Waals surface area contributed by atoms with Crippen molar-refractivity contribution in [3.63, 3.8) is 0 Å². The molecule has 0 N–H and O–H groups in total. The Hall–Kier alpha value is -2.04. The third-order valence-electron chi connectivity index (χ3n) is 2.23. The number of aromatic nitrogens is 4. The lowest BCUT2D eigenvalue weighted by Gasteiger charge is -1.98. The topological polar surface area (TPSA) is 60.7 Å². The number of Topliss-reactive ketones (excluding diaryl/α,β-unsaturated/α-hetero) is 1. The zero-order chi connectivity index (χ0) is 11.5. The molecule has 0 amide bonds. The second kappa shape index (κ2) is 4.22. The predicted octanol–water partition coefficient (Wildman–Crippen LogP) is 0.944. The van der Waals surface area contributed by atoms with Crippen LogP contribution in [0.3, 0.4) is 0 Å². The molecule has 0 aliphatic rings. The molecule has 0 spiro atoms. The Balaban J connectivity index is 2.11. The van der Waals surface area contributed by atoms with Crippen LogP contribution in [-0.4, -0.2) is 25.8 Å². The highest BCUT2D eigenvalue weighted by Gasteiger charge is 2.09. The SMILES string of the molecule is Cc1ccc(C(=O)Cc2cn(C)nn2)cn1. The van der Waals surface area contributed by atoms with Crippen LogP contribution < -0.4 is 0 Å². The maximum atomic E-state index is 11.8. The minimum Gasteiger partial charge on any atom is -0.294 e. The lowest BCUT2D eigenvalue weighted by molar-refractivity contribution is 0.0991. The maximum absolute atomic E-state index is 11.8. The summed E-state index contributed by atoms with van der Waals surface area (Å²) < 4.78 is 1.58. The van der Waals surface area contributed by atoms with Crippen LogP contribution >= 0.6 is 0 Å². The van der Waals surface area contributed by atoms with Gasteiger partial charge in [-0.05, 0) is 19.1 Å². The molecule has 0 atom stereocenters. The molecule has 0 bridgehead atoms.